The summed E-state index contributed by atoms with van der Waals surface area (Å²) in [5.74, 6) is 0.281. The Labute approximate surface area is 201 Å². The van der Waals surface area contributed by atoms with E-state index in [4.69, 9.17) is 0 Å². The van der Waals surface area contributed by atoms with E-state index in [1.54, 1.807) is 6.21 Å². The predicted molar refractivity (Wildman–Crippen MR) is 139 cm³/mol. The van der Waals surface area contributed by atoms with Crippen molar-refractivity contribution in [1.29, 1.82) is 0 Å². The van der Waals surface area contributed by atoms with Crippen LogP contribution in [0, 0.1) is 5.92 Å². The number of hydrogen-bond donors (Lipinski definition) is 1. The van der Waals surface area contributed by atoms with E-state index in [1.807, 2.05) is 18.2 Å². The van der Waals surface area contributed by atoms with Crippen molar-refractivity contribution in [3.05, 3.63) is 107 Å². The first kappa shape index (κ1) is 22.1. The standard InChI is InChI=1S/C30H31N3O/c1-30(2,3)24-15-13-22(14-16-24)26-17-27(26)29(34)32-31-18-23-20-33(19-21-9-5-4-6-10-21)28-12-8-7-11-25(23)28/h4-16,18,20,26-27H,17,19H2,1-3H3,(H,32,34)/b31-18-/t26-,27-/m0/s1. The predicted octanol–water partition coefficient (Wildman–Crippen LogP) is 6.24. The van der Waals surface area contributed by atoms with Gasteiger partial charge < -0.3 is 4.57 Å². The van der Waals surface area contributed by atoms with Gasteiger partial charge in [0, 0.05) is 35.1 Å². The summed E-state index contributed by atoms with van der Waals surface area (Å²) in [6.45, 7) is 7.44. The molecule has 3 aromatic carbocycles. The fourth-order valence-corrected chi connectivity index (χ4v) is 4.62. The number of aromatic nitrogens is 1. The van der Waals surface area contributed by atoms with Crippen molar-refractivity contribution < 1.29 is 4.79 Å². The van der Waals surface area contributed by atoms with E-state index in [0.717, 1.165) is 29.4 Å². The Balaban J connectivity index is 1.25. The first-order valence-electron chi connectivity index (χ1n) is 12.0. The third-order valence-electron chi connectivity index (χ3n) is 6.73. The topological polar surface area (TPSA) is 46.4 Å². The van der Waals surface area contributed by atoms with Gasteiger partial charge in [0.2, 0.25) is 5.91 Å². The van der Waals surface area contributed by atoms with E-state index < -0.39 is 0 Å². The summed E-state index contributed by atoms with van der Waals surface area (Å²) >= 11 is 0. The average molecular weight is 450 g/mol. The molecule has 0 unspecified atom stereocenters. The lowest BCUT2D eigenvalue weighted by Crippen LogP contribution is -2.20. The summed E-state index contributed by atoms with van der Waals surface area (Å²) in [5, 5.41) is 5.43. The Bertz CT molecular complexity index is 1330. The van der Waals surface area contributed by atoms with Crippen LogP contribution in [0.15, 0.2) is 90.2 Å². The van der Waals surface area contributed by atoms with Crippen molar-refractivity contribution in [1.82, 2.24) is 9.99 Å². The molecule has 34 heavy (non-hydrogen) atoms. The molecule has 4 heteroatoms. The second-order valence-corrected chi connectivity index (χ2v) is 10.3. The Hall–Kier alpha value is -3.66. The number of hydrogen-bond acceptors (Lipinski definition) is 2. The highest BCUT2D eigenvalue weighted by atomic mass is 16.2. The van der Waals surface area contributed by atoms with Crippen LogP contribution in [0.2, 0.25) is 0 Å². The number of rotatable bonds is 6. The lowest BCUT2D eigenvalue weighted by atomic mass is 9.86. The fourth-order valence-electron chi connectivity index (χ4n) is 4.62. The van der Waals surface area contributed by atoms with Crippen LogP contribution in [0.1, 0.15) is 55.4 Å². The van der Waals surface area contributed by atoms with Crippen molar-refractivity contribution in [3.63, 3.8) is 0 Å². The number of para-hydroxylation sites is 1. The highest BCUT2D eigenvalue weighted by molar-refractivity contribution is 5.99. The molecule has 1 aliphatic rings. The molecule has 1 fully saturated rings. The van der Waals surface area contributed by atoms with E-state index in [2.05, 4.69) is 103 Å². The molecular weight excluding hydrogens is 418 g/mol. The summed E-state index contributed by atoms with van der Waals surface area (Å²) < 4.78 is 2.23. The Morgan fingerprint density at radius 3 is 2.44 bits per heavy atom. The Kier molecular flexibility index (Phi) is 5.82. The largest absolute Gasteiger partial charge is 0.342 e. The smallest absolute Gasteiger partial charge is 0.243 e. The van der Waals surface area contributed by atoms with Gasteiger partial charge >= 0.3 is 0 Å². The number of nitrogens with one attached hydrogen (secondary N) is 1. The molecule has 5 rings (SSSR count). The zero-order valence-electron chi connectivity index (χ0n) is 20.0. The van der Waals surface area contributed by atoms with Crippen molar-refractivity contribution >= 4 is 23.0 Å². The quantitative estimate of drug-likeness (QED) is 0.275. The minimum Gasteiger partial charge on any atom is -0.342 e. The number of hydrazone groups is 1. The molecule has 1 amide bonds. The monoisotopic (exact) mass is 449 g/mol. The van der Waals surface area contributed by atoms with Gasteiger partial charge in [0.25, 0.3) is 0 Å². The first-order chi connectivity index (χ1) is 16.4. The summed E-state index contributed by atoms with van der Waals surface area (Å²) in [5.41, 5.74) is 8.86. The van der Waals surface area contributed by atoms with Crippen LogP contribution >= 0.6 is 0 Å². The van der Waals surface area contributed by atoms with Crippen LogP contribution < -0.4 is 5.43 Å². The molecule has 0 radical (unpaired) electrons. The zero-order valence-corrected chi connectivity index (χ0v) is 20.0. The van der Waals surface area contributed by atoms with Crippen LogP contribution in [0.3, 0.4) is 0 Å². The normalized spacial score (nSPS) is 17.9. The SMILES string of the molecule is CC(C)(C)c1ccc([C@@H]2C[C@@H]2C(=O)N/N=C\c2cn(Cc3ccccc3)c3ccccc23)cc1. The van der Waals surface area contributed by atoms with Gasteiger partial charge in [-0.2, -0.15) is 5.10 Å². The third kappa shape index (κ3) is 4.67. The van der Waals surface area contributed by atoms with E-state index in [0.29, 0.717) is 0 Å². The van der Waals surface area contributed by atoms with Crippen molar-refractivity contribution in [2.45, 2.75) is 45.1 Å². The van der Waals surface area contributed by atoms with E-state index in [1.165, 1.54) is 16.7 Å². The molecule has 1 aromatic heterocycles. The van der Waals surface area contributed by atoms with Crippen molar-refractivity contribution in [2.75, 3.05) is 0 Å². The minimum absolute atomic E-state index is 0.00272. The van der Waals surface area contributed by atoms with E-state index in [-0.39, 0.29) is 23.2 Å². The number of amides is 1. The Morgan fingerprint density at radius 2 is 1.71 bits per heavy atom. The van der Waals surface area contributed by atoms with E-state index >= 15 is 0 Å². The number of nitrogens with zero attached hydrogens (tertiary/aromatic N) is 2. The van der Waals surface area contributed by atoms with Gasteiger partial charge in [-0.1, -0.05) is 93.6 Å². The van der Waals surface area contributed by atoms with Gasteiger partial charge in [-0.25, -0.2) is 5.43 Å². The minimum atomic E-state index is -0.00540. The van der Waals surface area contributed by atoms with Crippen LogP contribution in [0.5, 0.6) is 0 Å². The van der Waals surface area contributed by atoms with Gasteiger partial charge in [-0.15, -0.1) is 0 Å². The molecular formula is C30H31N3O. The summed E-state index contributed by atoms with van der Waals surface area (Å²) in [7, 11) is 0. The second-order valence-electron chi connectivity index (χ2n) is 10.3. The summed E-state index contributed by atoms with van der Waals surface area (Å²) in [4.78, 5) is 12.7. The maximum atomic E-state index is 12.7. The fraction of sp³-hybridized carbons (Fsp3) is 0.267. The highest BCUT2D eigenvalue weighted by Gasteiger charge is 2.44. The molecule has 2 atom stereocenters. The number of fused-ring (bicyclic) bond motifs is 1. The highest BCUT2D eigenvalue weighted by Crippen LogP contribution is 2.47. The zero-order chi connectivity index (χ0) is 23.7. The molecule has 1 aliphatic carbocycles. The van der Waals surface area contributed by atoms with Gasteiger partial charge in [-0.3, -0.25) is 4.79 Å². The lowest BCUT2D eigenvalue weighted by Gasteiger charge is -2.19. The molecule has 1 N–H and O–H groups in total. The number of carbonyl (C=O) groups is 1. The molecule has 0 saturated heterocycles. The lowest BCUT2D eigenvalue weighted by molar-refractivity contribution is -0.122. The average Bonchev–Trinajstić information content (AvgIpc) is 3.57. The first-order valence-corrected chi connectivity index (χ1v) is 12.0. The molecule has 1 saturated carbocycles. The molecule has 4 aromatic rings. The molecule has 172 valence electrons. The van der Waals surface area contributed by atoms with Gasteiger partial charge in [0.05, 0.1) is 6.21 Å². The van der Waals surface area contributed by atoms with Crippen molar-refractivity contribution in [2.24, 2.45) is 11.0 Å². The van der Waals surface area contributed by atoms with Crippen LogP contribution in [-0.2, 0) is 16.8 Å². The molecule has 4 nitrogen and oxygen atoms in total. The second kappa shape index (κ2) is 8.94. The third-order valence-corrected chi connectivity index (χ3v) is 6.73. The molecule has 0 spiro atoms. The van der Waals surface area contributed by atoms with Gasteiger partial charge in [0.15, 0.2) is 0 Å². The maximum Gasteiger partial charge on any atom is 0.243 e. The van der Waals surface area contributed by atoms with E-state index in [9.17, 15) is 4.79 Å². The molecule has 1 heterocycles. The molecule has 0 aliphatic heterocycles. The van der Waals surface area contributed by atoms with Gasteiger partial charge in [0.1, 0.15) is 0 Å². The Morgan fingerprint density at radius 1 is 1.00 bits per heavy atom. The van der Waals surface area contributed by atoms with Gasteiger partial charge in [-0.05, 0) is 40.5 Å². The number of benzene rings is 3. The van der Waals surface area contributed by atoms with Crippen LogP contribution in [-0.4, -0.2) is 16.7 Å². The number of carbonyl (C=O) groups excluding carboxylic acids is 1. The van der Waals surface area contributed by atoms with Crippen LogP contribution in [0.25, 0.3) is 10.9 Å². The summed E-state index contributed by atoms with van der Waals surface area (Å²) in [6, 6.07) is 27.4. The summed E-state index contributed by atoms with van der Waals surface area (Å²) in [6.07, 6.45) is 4.74. The maximum absolute atomic E-state index is 12.7. The van der Waals surface area contributed by atoms with Crippen LogP contribution in [0.4, 0.5) is 0 Å². The molecule has 0 bridgehead atoms. The van der Waals surface area contributed by atoms with Crippen molar-refractivity contribution in [3.8, 4) is 0 Å².